The molecule has 0 atom stereocenters. The first-order chi connectivity index (χ1) is 10.7. The number of carbonyl (C=O) groups excluding carboxylic acids is 1. The molecule has 0 radical (unpaired) electrons. The number of rotatable bonds is 3. The maximum absolute atomic E-state index is 12.3. The number of anilines is 1. The third kappa shape index (κ3) is 2.79. The Labute approximate surface area is 127 Å². The van der Waals surface area contributed by atoms with Crippen molar-refractivity contribution in [3.05, 3.63) is 64.1 Å². The molecule has 0 fully saturated rings. The van der Waals surface area contributed by atoms with Crippen LogP contribution in [0.3, 0.4) is 0 Å². The predicted octanol–water partition coefficient (Wildman–Crippen LogP) is 2.28. The summed E-state index contributed by atoms with van der Waals surface area (Å²) in [4.78, 5) is 23.9. The van der Waals surface area contributed by atoms with E-state index in [1.165, 1.54) is 10.6 Å². The van der Waals surface area contributed by atoms with Crippen LogP contribution in [-0.4, -0.2) is 17.1 Å². The van der Waals surface area contributed by atoms with Crippen LogP contribution in [-0.2, 0) is 11.3 Å². The van der Waals surface area contributed by atoms with Gasteiger partial charge < -0.3 is 14.6 Å². The molecule has 0 spiro atoms. The highest BCUT2D eigenvalue weighted by atomic mass is 16.5. The standard InChI is InChI=1S/C17H16N2O3/c1-2-19-10-14(7-8-16(19)20)18-17(21)13-9-12-5-3-4-6-15(12)22-11-13/h3-10H,2,11H2,1H3,(H,18,21). The minimum Gasteiger partial charge on any atom is -0.488 e. The Morgan fingerprint density at radius 1 is 1.27 bits per heavy atom. The third-order valence-electron chi connectivity index (χ3n) is 3.51. The second-order valence-electron chi connectivity index (χ2n) is 4.99. The molecule has 0 saturated carbocycles. The van der Waals surface area contributed by atoms with Crippen molar-refractivity contribution in [2.75, 3.05) is 11.9 Å². The minimum absolute atomic E-state index is 0.0883. The van der Waals surface area contributed by atoms with Crippen LogP contribution in [0.2, 0.25) is 0 Å². The predicted molar refractivity (Wildman–Crippen MR) is 84.9 cm³/mol. The molecule has 2 aromatic rings. The van der Waals surface area contributed by atoms with E-state index >= 15 is 0 Å². The van der Waals surface area contributed by atoms with Gasteiger partial charge in [0.25, 0.3) is 11.5 Å². The summed E-state index contributed by atoms with van der Waals surface area (Å²) in [5, 5.41) is 2.80. The molecular formula is C17H16N2O3. The van der Waals surface area contributed by atoms with Gasteiger partial charge in [-0.1, -0.05) is 18.2 Å². The number of hydrogen-bond acceptors (Lipinski definition) is 3. The van der Waals surface area contributed by atoms with Crippen LogP contribution in [0, 0.1) is 0 Å². The fourth-order valence-electron chi connectivity index (χ4n) is 2.31. The zero-order valence-electron chi connectivity index (χ0n) is 12.2. The van der Waals surface area contributed by atoms with Gasteiger partial charge in [-0.05, 0) is 25.1 Å². The average molecular weight is 296 g/mol. The lowest BCUT2D eigenvalue weighted by Gasteiger charge is -2.17. The van der Waals surface area contributed by atoms with Crippen molar-refractivity contribution >= 4 is 17.7 Å². The number of para-hydroxylation sites is 1. The van der Waals surface area contributed by atoms with E-state index < -0.39 is 0 Å². The number of carbonyl (C=O) groups is 1. The summed E-state index contributed by atoms with van der Waals surface area (Å²) in [5.41, 5.74) is 1.94. The largest absolute Gasteiger partial charge is 0.488 e. The Bertz CT molecular complexity index is 806. The highest BCUT2D eigenvalue weighted by Gasteiger charge is 2.17. The van der Waals surface area contributed by atoms with Crippen LogP contribution in [0.1, 0.15) is 12.5 Å². The monoisotopic (exact) mass is 296 g/mol. The normalized spacial score (nSPS) is 12.9. The molecule has 5 heteroatoms. The number of benzene rings is 1. The molecule has 0 saturated heterocycles. The molecule has 3 rings (SSSR count). The number of aromatic nitrogens is 1. The lowest BCUT2D eigenvalue weighted by molar-refractivity contribution is -0.113. The number of nitrogens with zero attached hydrogens (tertiary/aromatic N) is 1. The lowest BCUT2D eigenvalue weighted by atomic mass is 10.1. The number of pyridine rings is 1. The molecular weight excluding hydrogens is 280 g/mol. The van der Waals surface area contributed by atoms with Crippen LogP contribution in [0.4, 0.5) is 5.69 Å². The summed E-state index contributed by atoms with van der Waals surface area (Å²) < 4.78 is 7.11. The lowest BCUT2D eigenvalue weighted by Crippen LogP contribution is -2.23. The Kier molecular flexibility index (Phi) is 3.78. The van der Waals surface area contributed by atoms with Crippen molar-refractivity contribution in [3.8, 4) is 5.75 Å². The summed E-state index contributed by atoms with van der Waals surface area (Å²) in [6, 6.07) is 10.6. The fourth-order valence-corrected chi connectivity index (χ4v) is 2.31. The molecule has 1 aromatic carbocycles. The van der Waals surface area contributed by atoms with E-state index in [-0.39, 0.29) is 18.1 Å². The summed E-state index contributed by atoms with van der Waals surface area (Å²) in [6.45, 7) is 2.67. The van der Waals surface area contributed by atoms with Gasteiger partial charge in [-0.3, -0.25) is 9.59 Å². The molecule has 22 heavy (non-hydrogen) atoms. The van der Waals surface area contributed by atoms with Crippen LogP contribution >= 0.6 is 0 Å². The summed E-state index contributed by atoms with van der Waals surface area (Å²) in [7, 11) is 0. The number of nitrogens with one attached hydrogen (secondary N) is 1. The van der Waals surface area contributed by atoms with E-state index in [1.54, 1.807) is 12.3 Å². The van der Waals surface area contributed by atoms with E-state index in [2.05, 4.69) is 5.32 Å². The molecule has 1 aromatic heterocycles. The molecule has 2 heterocycles. The third-order valence-corrected chi connectivity index (χ3v) is 3.51. The molecule has 0 bridgehead atoms. The van der Waals surface area contributed by atoms with Crippen molar-refractivity contribution in [3.63, 3.8) is 0 Å². The van der Waals surface area contributed by atoms with Gasteiger partial charge in [-0.15, -0.1) is 0 Å². The molecule has 1 aliphatic rings. The SMILES string of the molecule is CCn1cc(NC(=O)C2=Cc3ccccc3OC2)ccc1=O. The molecule has 0 unspecified atom stereocenters. The van der Waals surface area contributed by atoms with Crippen molar-refractivity contribution in [1.29, 1.82) is 0 Å². The number of ether oxygens (including phenoxy) is 1. The number of amides is 1. The zero-order chi connectivity index (χ0) is 15.5. The van der Waals surface area contributed by atoms with Crippen molar-refractivity contribution in [1.82, 2.24) is 4.57 Å². The minimum atomic E-state index is -0.226. The van der Waals surface area contributed by atoms with Gasteiger partial charge in [0.05, 0.1) is 11.3 Å². The topological polar surface area (TPSA) is 60.3 Å². The van der Waals surface area contributed by atoms with Gasteiger partial charge in [0.1, 0.15) is 12.4 Å². The Hall–Kier alpha value is -2.82. The van der Waals surface area contributed by atoms with Gasteiger partial charge in [0, 0.05) is 24.4 Å². The van der Waals surface area contributed by atoms with Gasteiger partial charge in [0.2, 0.25) is 0 Å². The Morgan fingerprint density at radius 2 is 2.09 bits per heavy atom. The summed E-state index contributed by atoms with van der Waals surface area (Å²) >= 11 is 0. The van der Waals surface area contributed by atoms with Gasteiger partial charge in [0.15, 0.2) is 0 Å². The van der Waals surface area contributed by atoms with Gasteiger partial charge in [-0.25, -0.2) is 0 Å². The number of hydrogen-bond donors (Lipinski definition) is 1. The molecule has 112 valence electrons. The quantitative estimate of drug-likeness (QED) is 0.945. The fraction of sp³-hybridized carbons (Fsp3) is 0.176. The van der Waals surface area contributed by atoms with Crippen molar-refractivity contribution < 1.29 is 9.53 Å². The Morgan fingerprint density at radius 3 is 2.91 bits per heavy atom. The molecule has 0 aliphatic carbocycles. The maximum Gasteiger partial charge on any atom is 0.255 e. The highest BCUT2D eigenvalue weighted by molar-refractivity contribution is 6.07. The molecule has 1 aliphatic heterocycles. The first-order valence-corrected chi connectivity index (χ1v) is 7.11. The van der Waals surface area contributed by atoms with Gasteiger partial charge >= 0.3 is 0 Å². The van der Waals surface area contributed by atoms with Crippen LogP contribution in [0.15, 0.2) is 53.0 Å². The summed E-state index contributed by atoms with van der Waals surface area (Å²) in [6.07, 6.45) is 3.46. The first kappa shape index (κ1) is 14.1. The first-order valence-electron chi connectivity index (χ1n) is 7.11. The highest BCUT2D eigenvalue weighted by Crippen LogP contribution is 2.26. The van der Waals surface area contributed by atoms with Crippen molar-refractivity contribution in [2.45, 2.75) is 13.5 Å². The van der Waals surface area contributed by atoms with Crippen molar-refractivity contribution in [2.24, 2.45) is 0 Å². The van der Waals surface area contributed by atoms with Crippen LogP contribution in [0.25, 0.3) is 6.08 Å². The number of fused-ring (bicyclic) bond motifs is 1. The second kappa shape index (κ2) is 5.89. The van der Waals surface area contributed by atoms with E-state index in [0.717, 1.165) is 11.3 Å². The molecule has 5 nitrogen and oxygen atoms in total. The van der Waals surface area contributed by atoms with Gasteiger partial charge in [-0.2, -0.15) is 0 Å². The smallest absolute Gasteiger partial charge is 0.255 e. The maximum atomic E-state index is 12.3. The zero-order valence-corrected chi connectivity index (χ0v) is 12.2. The van der Waals surface area contributed by atoms with Crippen LogP contribution in [0.5, 0.6) is 5.75 Å². The van der Waals surface area contributed by atoms with E-state index in [0.29, 0.717) is 17.8 Å². The Balaban J connectivity index is 1.81. The van der Waals surface area contributed by atoms with E-state index in [1.807, 2.05) is 37.3 Å². The molecule has 1 N–H and O–H groups in total. The number of aryl methyl sites for hydroxylation is 1. The van der Waals surface area contributed by atoms with E-state index in [4.69, 9.17) is 4.74 Å². The van der Waals surface area contributed by atoms with Crippen LogP contribution < -0.4 is 15.6 Å². The average Bonchev–Trinajstić information content (AvgIpc) is 2.56. The van der Waals surface area contributed by atoms with E-state index in [9.17, 15) is 9.59 Å². The molecule has 1 amide bonds. The second-order valence-corrected chi connectivity index (χ2v) is 4.99. The summed E-state index contributed by atoms with van der Waals surface area (Å²) in [5.74, 6) is 0.550.